The van der Waals surface area contributed by atoms with Crippen LogP contribution < -0.4 is 21.7 Å². The van der Waals surface area contributed by atoms with Crippen molar-refractivity contribution in [3.05, 3.63) is 0 Å². The monoisotopic (exact) mass is 736 g/mol. The lowest BCUT2D eigenvalue weighted by atomic mass is 10.0. The zero-order valence-electron chi connectivity index (χ0n) is 30.0. The molecule has 0 unspecified atom stereocenters. The van der Waals surface area contributed by atoms with Gasteiger partial charge in [0.2, 0.25) is 11.8 Å². The lowest BCUT2D eigenvalue weighted by molar-refractivity contribution is -0.129. The summed E-state index contributed by atoms with van der Waals surface area (Å²) in [6.07, 6.45) is 12.3. The van der Waals surface area contributed by atoms with Crippen molar-refractivity contribution in [2.24, 2.45) is 17.6 Å². The van der Waals surface area contributed by atoms with Crippen molar-refractivity contribution in [3.8, 4) is 0 Å². The molecule has 0 saturated heterocycles. The molecule has 0 aromatic heterocycles. The van der Waals surface area contributed by atoms with E-state index in [1.807, 2.05) is 0 Å². The van der Waals surface area contributed by atoms with Gasteiger partial charge in [-0.15, -0.1) is 0 Å². The van der Waals surface area contributed by atoms with E-state index in [0.29, 0.717) is 45.2 Å². The lowest BCUT2D eigenvalue weighted by Crippen LogP contribution is -2.45. The zero-order chi connectivity index (χ0) is 37.3. The molecule has 284 valence electrons. The SMILES string of the molecule is CC(C)(C)OC(=O)NCCCC[C@H](NC(=O)C1CCCC1)C(=O)CS(C)(=O)=O.CS(=O)(=O)CC(=O)[C@H](CCCCN)NC(=O)C1CCCC1. The van der Waals surface area contributed by atoms with Gasteiger partial charge >= 0.3 is 6.09 Å². The van der Waals surface area contributed by atoms with Crippen LogP contribution in [0.3, 0.4) is 0 Å². The number of carbonyl (C=O) groups excluding carboxylic acids is 5. The first-order valence-electron chi connectivity index (χ1n) is 17.4. The first-order valence-corrected chi connectivity index (χ1v) is 21.5. The Morgan fingerprint density at radius 1 is 0.694 bits per heavy atom. The molecule has 0 heterocycles. The summed E-state index contributed by atoms with van der Waals surface area (Å²) in [5.74, 6) is -2.45. The van der Waals surface area contributed by atoms with Crippen LogP contribution in [-0.4, -0.2) is 101 Å². The fourth-order valence-electron chi connectivity index (χ4n) is 5.77. The van der Waals surface area contributed by atoms with Crippen molar-refractivity contribution >= 4 is 49.1 Å². The maximum absolute atomic E-state index is 12.4. The minimum atomic E-state index is -3.46. The van der Waals surface area contributed by atoms with Gasteiger partial charge in [-0.2, -0.15) is 0 Å². The Morgan fingerprint density at radius 3 is 1.43 bits per heavy atom. The Labute approximate surface area is 293 Å². The Bertz CT molecular complexity index is 1300. The molecule has 3 amide bonds. The minimum absolute atomic E-state index is 0.0342. The number of hydrogen-bond donors (Lipinski definition) is 4. The first-order chi connectivity index (χ1) is 22.7. The number of Topliss-reactive ketones (excluding diaryl/α,β-unsaturated/α-hetero) is 2. The molecule has 0 bridgehead atoms. The van der Waals surface area contributed by atoms with Crippen molar-refractivity contribution in [3.63, 3.8) is 0 Å². The number of nitrogens with two attached hydrogens (primary N) is 1. The molecule has 0 spiro atoms. The summed E-state index contributed by atoms with van der Waals surface area (Å²) < 4.78 is 50.6. The van der Waals surface area contributed by atoms with E-state index in [9.17, 15) is 40.8 Å². The van der Waals surface area contributed by atoms with Crippen molar-refractivity contribution < 1.29 is 45.5 Å². The van der Waals surface area contributed by atoms with Crippen LogP contribution in [0.25, 0.3) is 0 Å². The smallest absolute Gasteiger partial charge is 0.407 e. The fourth-order valence-corrected chi connectivity index (χ4v) is 7.21. The third-order valence-electron chi connectivity index (χ3n) is 8.21. The molecule has 2 aliphatic rings. The fraction of sp³-hybridized carbons (Fsp3) is 0.848. The molecular formula is C33H60N4O10S2. The van der Waals surface area contributed by atoms with Gasteiger partial charge < -0.3 is 26.4 Å². The number of ketones is 2. The number of alkyl carbamates (subject to hydrolysis) is 1. The van der Waals surface area contributed by atoms with Gasteiger partial charge in [0.05, 0.1) is 12.1 Å². The molecule has 2 rings (SSSR count). The van der Waals surface area contributed by atoms with Crippen LogP contribution in [0.4, 0.5) is 4.79 Å². The Morgan fingerprint density at radius 2 is 1.08 bits per heavy atom. The Kier molecular flexibility index (Phi) is 19.6. The summed E-state index contributed by atoms with van der Waals surface area (Å²) in [4.78, 5) is 60.5. The third-order valence-corrected chi connectivity index (χ3v) is 9.82. The van der Waals surface area contributed by atoms with Crippen molar-refractivity contribution in [1.29, 1.82) is 0 Å². The molecule has 0 aromatic rings. The summed E-state index contributed by atoms with van der Waals surface area (Å²) in [5, 5.41) is 8.13. The molecule has 2 fully saturated rings. The highest BCUT2D eigenvalue weighted by atomic mass is 32.2. The molecular weight excluding hydrogens is 677 g/mol. The van der Waals surface area contributed by atoms with Gasteiger partial charge in [-0.25, -0.2) is 21.6 Å². The summed E-state index contributed by atoms with van der Waals surface area (Å²) >= 11 is 0. The molecule has 2 atom stereocenters. The highest BCUT2D eigenvalue weighted by Gasteiger charge is 2.30. The Balaban J connectivity index is 0.000000510. The van der Waals surface area contributed by atoms with Crippen LogP contribution >= 0.6 is 0 Å². The lowest BCUT2D eigenvalue weighted by Gasteiger charge is -2.20. The highest BCUT2D eigenvalue weighted by molar-refractivity contribution is 7.91. The quantitative estimate of drug-likeness (QED) is 0.141. The minimum Gasteiger partial charge on any atom is -0.444 e. The van der Waals surface area contributed by atoms with Gasteiger partial charge in [-0.3, -0.25) is 19.2 Å². The molecule has 16 heteroatoms. The molecule has 14 nitrogen and oxygen atoms in total. The van der Waals surface area contributed by atoms with Crippen molar-refractivity contribution in [2.45, 2.75) is 128 Å². The predicted octanol–water partition coefficient (Wildman–Crippen LogP) is 2.37. The van der Waals surface area contributed by atoms with Crippen molar-refractivity contribution in [1.82, 2.24) is 16.0 Å². The van der Waals surface area contributed by atoms with E-state index >= 15 is 0 Å². The van der Waals surface area contributed by atoms with Gasteiger partial charge in [0, 0.05) is 30.9 Å². The number of ether oxygens (including phenoxy) is 1. The van der Waals surface area contributed by atoms with E-state index in [2.05, 4.69) is 16.0 Å². The maximum atomic E-state index is 12.4. The number of unbranched alkanes of at least 4 members (excludes halogenated alkanes) is 2. The molecule has 0 aromatic carbocycles. The van der Waals surface area contributed by atoms with Gasteiger partial charge in [0.15, 0.2) is 31.2 Å². The van der Waals surface area contributed by atoms with E-state index < -0.39 is 66.5 Å². The van der Waals surface area contributed by atoms with E-state index in [-0.39, 0.29) is 23.7 Å². The summed E-state index contributed by atoms with van der Waals surface area (Å²) in [5.41, 5.74) is 4.85. The second kappa shape index (κ2) is 21.6. The predicted molar refractivity (Wildman–Crippen MR) is 188 cm³/mol. The van der Waals surface area contributed by atoms with Crippen LogP contribution in [0.2, 0.25) is 0 Å². The summed E-state index contributed by atoms with van der Waals surface area (Å²) in [7, 11) is -6.84. The second-order valence-electron chi connectivity index (χ2n) is 14.4. The normalized spacial score (nSPS) is 16.9. The first kappa shape index (κ1) is 44.4. The van der Waals surface area contributed by atoms with E-state index in [1.165, 1.54) is 0 Å². The zero-order valence-corrected chi connectivity index (χ0v) is 31.6. The largest absolute Gasteiger partial charge is 0.444 e. The van der Waals surface area contributed by atoms with Gasteiger partial charge in [0.1, 0.15) is 17.1 Å². The van der Waals surface area contributed by atoms with Crippen LogP contribution in [0.1, 0.15) is 111 Å². The summed E-state index contributed by atoms with van der Waals surface area (Å²) in [6, 6.07) is -1.52. The van der Waals surface area contributed by atoms with E-state index in [4.69, 9.17) is 10.5 Å². The van der Waals surface area contributed by atoms with E-state index in [0.717, 1.165) is 70.3 Å². The highest BCUT2D eigenvalue weighted by Crippen LogP contribution is 2.26. The topological polar surface area (TPSA) is 225 Å². The van der Waals surface area contributed by atoms with Gasteiger partial charge in [-0.1, -0.05) is 25.7 Å². The number of sulfone groups is 2. The molecule has 0 aliphatic heterocycles. The second-order valence-corrected chi connectivity index (χ2v) is 18.6. The maximum Gasteiger partial charge on any atom is 0.407 e. The molecule has 0 radical (unpaired) electrons. The number of carbonyl (C=O) groups is 5. The van der Waals surface area contributed by atoms with Gasteiger partial charge in [-0.05, 0) is 91.5 Å². The standard InChI is InChI=1S/C19H34N2O6S.C14H26N2O4S/c1-19(2,3)27-18(24)20-12-8-7-11-15(16(22)13-28(4,25)26)21-17(23)14-9-5-6-10-14;1-21(19,20)10-13(17)12(8-4-5-9-15)16-14(18)11-6-2-3-7-11/h14-15H,5-13H2,1-4H3,(H,20,24)(H,21,23);11-12H,2-10,15H2,1H3,(H,16,18)/t15-;12-/m00/s1. The number of rotatable bonds is 19. The number of amides is 3. The average molecular weight is 737 g/mol. The van der Waals surface area contributed by atoms with Crippen LogP contribution in [0.5, 0.6) is 0 Å². The number of hydrogen-bond acceptors (Lipinski definition) is 11. The Hall–Kier alpha value is -2.59. The van der Waals surface area contributed by atoms with Crippen LogP contribution in [-0.2, 0) is 43.6 Å². The molecule has 2 saturated carbocycles. The molecule has 5 N–H and O–H groups in total. The average Bonchev–Trinajstić information content (AvgIpc) is 3.69. The van der Waals surface area contributed by atoms with Crippen LogP contribution in [0.15, 0.2) is 0 Å². The summed E-state index contributed by atoms with van der Waals surface area (Å²) in [6.45, 7) is 6.22. The van der Waals surface area contributed by atoms with Crippen LogP contribution in [0, 0.1) is 11.8 Å². The van der Waals surface area contributed by atoms with E-state index in [1.54, 1.807) is 20.8 Å². The number of nitrogens with one attached hydrogen (secondary N) is 3. The third kappa shape index (κ3) is 21.3. The molecule has 49 heavy (non-hydrogen) atoms. The van der Waals surface area contributed by atoms with Crippen molar-refractivity contribution in [2.75, 3.05) is 37.1 Å². The van der Waals surface area contributed by atoms with Gasteiger partial charge in [0.25, 0.3) is 0 Å². The molecule has 2 aliphatic carbocycles.